The van der Waals surface area contributed by atoms with Crippen molar-refractivity contribution in [3.05, 3.63) is 33.8 Å². The molecule has 1 aliphatic rings. The van der Waals surface area contributed by atoms with E-state index >= 15 is 0 Å². The Bertz CT molecular complexity index is 571. The van der Waals surface area contributed by atoms with Gasteiger partial charge in [0.1, 0.15) is 0 Å². The maximum atomic E-state index is 12.0. The van der Waals surface area contributed by atoms with Crippen LogP contribution in [0.4, 0.5) is 0 Å². The number of hydrogen-bond acceptors (Lipinski definition) is 4. The first-order chi connectivity index (χ1) is 10.3. The molecule has 112 valence electrons. The molecule has 0 aromatic carbocycles. The smallest absolute Gasteiger partial charge is 0.236 e. The van der Waals surface area contributed by atoms with Crippen LogP contribution in [0.15, 0.2) is 29.0 Å². The second kappa shape index (κ2) is 7.20. The van der Waals surface area contributed by atoms with Crippen molar-refractivity contribution >= 4 is 28.6 Å². The number of piperidine rings is 1. The van der Waals surface area contributed by atoms with Gasteiger partial charge in [-0.05, 0) is 42.2 Å². The Hall–Kier alpha value is -1.17. The van der Waals surface area contributed by atoms with Crippen LogP contribution in [0.3, 0.4) is 0 Å². The second-order valence-corrected chi connectivity index (χ2v) is 7.27. The zero-order chi connectivity index (χ0) is 14.5. The number of likely N-dealkylation sites (tertiary alicyclic amines) is 1. The number of rotatable bonds is 5. The summed E-state index contributed by atoms with van der Waals surface area (Å²) in [6, 6.07) is 6.44. The average Bonchev–Trinajstić information content (AvgIpc) is 3.19. The summed E-state index contributed by atoms with van der Waals surface area (Å²) >= 11 is 3.52. The van der Waals surface area contributed by atoms with Crippen LogP contribution < -0.4 is 5.32 Å². The molecule has 0 bridgehead atoms. The average molecular weight is 320 g/mol. The number of thiophene rings is 2. The summed E-state index contributed by atoms with van der Waals surface area (Å²) in [6.45, 7) is 3.09. The molecular weight excluding hydrogens is 300 g/mol. The lowest BCUT2D eigenvalue weighted by atomic mass is 10.1. The van der Waals surface area contributed by atoms with Gasteiger partial charge in [0, 0.05) is 35.0 Å². The third-order valence-electron chi connectivity index (χ3n) is 3.74. The SMILES string of the molecule is O=C(CNCc1cc(-c2cccs2)cs1)N1CCCCC1. The van der Waals surface area contributed by atoms with Crippen molar-refractivity contribution in [2.24, 2.45) is 0 Å². The fourth-order valence-corrected chi connectivity index (χ4v) is 4.24. The molecule has 0 spiro atoms. The van der Waals surface area contributed by atoms with Gasteiger partial charge in [-0.1, -0.05) is 6.07 Å². The van der Waals surface area contributed by atoms with Gasteiger partial charge in [0.05, 0.1) is 6.54 Å². The van der Waals surface area contributed by atoms with E-state index in [1.807, 2.05) is 4.90 Å². The second-order valence-electron chi connectivity index (χ2n) is 5.32. The molecule has 0 unspecified atom stereocenters. The number of hydrogen-bond donors (Lipinski definition) is 1. The van der Waals surface area contributed by atoms with E-state index in [0.717, 1.165) is 32.5 Å². The number of nitrogens with zero attached hydrogens (tertiary/aromatic N) is 1. The fraction of sp³-hybridized carbons (Fsp3) is 0.438. The van der Waals surface area contributed by atoms with E-state index < -0.39 is 0 Å². The highest BCUT2D eigenvalue weighted by Gasteiger charge is 2.15. The third-order valence-corrected chi connectivity index (χ3v) is 5.60. The maximum Gasteiger partial charge on any atom is 0.236 e. The summed E-state index contributed by atoms with van der Waals surface area (Å²) in [6.07, 6.45) is 3.57. The molecule has 21 heavy (non-hydrogen) atoms. The Morgan fingerprint density at radius 3 is 2.86 bits per heavy atom. The number of carbonyl (C=O) groups is 1. The van der Waals surface area contributed by atoms with Crippen molar-refractivity contribution in [3.63, 3.8) is 0 Å². The van der Waals surface area contributed by atoms with Gasteiger partial charge < -0.3 is 10.2 Å². The Kier molecular flexibility index (Phi) is 5.06. The van der Waals surface area contributed by atoms with Gasteiger partial charge in [0.2, 0.25) is 5.91 Å². The molecular formula is C16H20N2OS2. The van der Waals surface area contributed by atoms with Gasteiger partial charge in [-0.15, -0.1) is 22.7 Å². The van der Waals surface area contributed by atoms with Crippen molar-refractivity contribution in [2.45, 2.75) is 25.8 Å². The number of nitrogens with one attached hydrogen (secondary N) is 1. The summed E-state index contributed by atoms with van der Waals surface area (Å²) in [7, 11) is 0. The van der Waals surface area contributed by atoms with E-state index in [1.165, 1.54) is 21.7 Å². The van der Waals surface area contributed by atoms with Crippen LogP contribution in [-0.2, 0) is 11.3 Å². The standard InChI is InChI=1S/C16H20N2OS2/c19-16(18-6-2-1-3-7-18)11-17-10-14-9-13(12-21-14)15-5-4-8-20-15/h4-5,8-9,12,17H,1-3,6-7,10-11H2. The third kappa shape index (κ3) is 3.93. The summed E-state index contributed by atoms with van der Waals surface area (Å²) in [5.74, 6) is 0.240. The van der Waals surface area contributed by atoms with Crippen LogP contribution in [0.2, 0.25) is 0 Å². The monoisotopic (exact) mass is 320 g/mol. The van der Waals surface area contributed by atoms with Gasteiger partial charge in [-0.3, -0.25) is 4.79 Å². The minimum absolute atomic E-state index is 0.240. The van der Waals surface area contributed by atoms with Gasteiger partial charge in [-0.2, -0.15) is 0 Å². The summed E-state index contributed by atoms with van der Waals surface area (Å²) in [5, 5.41) is 7.57. The van der Waals surface area contributed by atoms with Crippen LogP contribution in [0.5, 0.6) is 0 Å². The molecule has 1 N–H and O–H groups in total. The molecule has 3 heterocycles. The molecule has 0 radical (unpaired) electrons. The lowest BCUT2D eigenvalue weighted by Gasteiger charge is -2.26. The van der Waals surface area contributed by atoms with Crippen LogP contribution in [-0.4, -0.2) is 30.4 Å². The zero-order valence-electron chi connectivity index (χ0n) is 12.0. The van der Waals surface area contributed by atoms with Crippen molar-refractivity contribution in [2.75, 3.05) is 19.6 Å². The van der Waals surface area contributed by atoms with Gasteiger partial charge in [-0.25, -0.2) is 0 Å². The molecule has 1 fully saturated rings. The predicted octanol–water partition coefficient (Wildman–Crippen LogP) is 3.58. The van der Waals surface area contributed by atoms with Crippen LogP contribution in [0.25, 0.3) is 10.4 Å². The van der Waals surface area contributed by atoms with E-state index in [0.29, 0.717) is 6.54 Å². The number of amides is 1. The highest BCUT2D eigenvalue weighted by molar-refractivity contribution is 7.14. The zero-order valence-corrected chi connectivity index (χ0v) is 13.6. The van der Waals surface area contributed by atoms with E-state index in [1.54, 1.807) is 22.7 Å². The van der Waals surface area contributed by atoms with Crippen molar-refractivity contribution in [1.29, 1.82) is 0 Å². The van der Waals surface area contributed by atoms with Crippen LogP contribution >= 0.6 is 22.7 Å². The minimum atomic E-state index is 0.240. The normalized spacial score (nSPS) is 15.3. The van der Waals surface area contributed by atoms with Crippen molar-refractivity contribution in [1.82, 2.24) is 10.2 Å². The maximum absolute atomic E-state index is 12.0. The summed E-state index contributed by atoms with van der Waals surface area (Å²) < 4.78 is 0. The molecule has 1 saturated heterocycles. The topological polar surface area (TPSA) is 32.3 Å². The molecule has 0 aliphatic carbocycles. The Balaban J connectivity index is 1.46. The van der Waals surface area contributed by atoms with E-state index in [-0.39, 0.29) is 5.91 Å². The molecule has 2 aromatic rings. The molecule has 0 atom stereocenters. The van der Waals surface area contributed by atoms with Gasteiger partial charge in [0.25, 0.3) is 0 Å². The van der Waals surface area contributed by atoms with Gasteiger partial charge >= 0.3 is 0 Å². The Morgan fingerprint density at radius 1 is 1.24 bits per heavy atom. The Morgan fingerprint density at radius 2 is 2.10 bits per heavy atom. The lowest BCUT2D eigenvalue weighted by molar-refractivity contribution is -0.131. The molecule has 0 saturated carbocycles. The summed E-state index contributed by atoms with van der Waals surface area (Å²) in [5.41, 5.74) is 1.29. The number of carbonyl (C=O) groups excluding carboxylic acids is 1. The summed E-state index contributed by atoms with van der Waals surface area (Å²) in [4.78, 5) is 16.6. The van der Waals surface area contributed by atoms with Crippen molar-refractivity contribution in [3.8, 4) is 10.4 Å². The molecule has 1 amide bonds. The first-order valence-electron chi connectivity index (χ1n) is 7.43. The highest BCUT2D eigenvalue weighted by atomic mass is 32.1. The Labute approximate surface area is 133 Å². The fourth-order valence-electron chi connectivity index (χ4n) is 2.59. The lowest BCUT2D eigenvalue weighted by Crippen LogP contribution is -2.40. The van der Waals surface area contributed by atoms with E-state index in [9.17, 15) is 4.79 Å². The van der Waals surface area contributed by atoms with Crippen LogP contribution in [0, 0.1) is 0 Å². The van der Waals surface area contributed by atoms with E-state index in [4.69, 9.17) is 0 Å². The minimum Gasteiger partial charge on any atom is -0.342 e. The van der Waals surface area contributed by atoms with Crippen LogP contribution in [0.1, 0.15) is 24.1 Å². The molecule has 1 aliphatic heterocycles. The quantitative estimate of drug-likeness (QED) is 0.913. The van der Waals surface area contributed by atoms with Crippen molar-refractivity contribution < 1.29 is 4.79 Å². The molecule has 3 rings (SSSR count). The first kappa shape index (κ1) is 14.8. The first-order valence-corrected chi connectivity index (χ1v) is 9.18. The molecule has 2 aromatic heterocycles. The molecule has 3 nitrogen and oxygen atoms in total. The largest absolute Gasteiger partial charge is 0.342 e. The highest BCUT2D eigenvalue weighted by Crippen LogP contribution is 2.29. The van der Waals surface area contributed by atoms with Gasteiger partial charge in [0.15, 0.2) is 0 Å². The predicted molar refractivity (Wildman–Crippen MR) is 89.8 cm³/mol. The van der Waals surface area contributed by atoms with E-state index in [2.05, 4.69) is 34.3 Å². The molecule has 5 heteroatoms.